The van der Waals surface area contributed by atoms with Crippen LogP contribution in [0.2, 0.25) is 0 Å². The molecule has 0 unspecified atom stereocenters. The number of carbonyl (C=O) groups is 1. The van der Waals surface area contributed by atoms with E-state index in [-0.39, 0.29) is 11.3 Å². The maximum absolute atomic E-state index is 13.6. The van der Waals surface area contributed by atoms with Gasteiger partial charge in [0.25, 0.3) is 0 Å². The third-order valence-electron chi connectivity index (χ3n) is 2.07. The van der Waals surface area contributed by atoms with Crippen LogP contribution in [0.25, 0.3) is 0 Å². The maximum atomic E-state index is 13.6. The zero-order chi connectivity index (χ0) is 13.9. The number of ether oxygens (including phenoxy) is 1. The van der Waals surface area contributed by atoms with E-state index in [1.54, 1.807) is 27.7 Å². The third-order valence-corrected chi connectivity index (χ3v) is 2.07. The van der Waals surface area contributed by atoms with Crippen molar-refractivity contribution >= 4 is 11.8 Å². The molecule has 0 fully saturated rings. The Morgan fingerprint density at radius 3 is 2.56 bits per heavy atom. The van der Waals surface area contributed by atoms with Crippen molar-refractivity contribution in [2.75, 3.05) is 5.32 Å². The number of rotatable bonds is 1. The molecule has 4 nitrogen and oxygen atoms in total. The quantitative estimate of drug-likeness (QED) is 0.831. The Balaban J connectivity index is 2.90. The zero-order valence-electron chi connectivity index (χ0n) is 10.8. The van der Waals surface area contributed by atoms with E-state index >= 15 is 0 Å². The lowest BCUT2D eigenvalue weighted by molar-refractivity contribution is 0.0635. The molecule has 1 N–H and O–H groups in total. The van der Waals surface area contributed by atoms with Crippen LogP contribution in [0, 0.1) is 24.1 Å². The average molecular weight is 250 g/mol. The summed E-state index contributed by atoms with van der Waals surface area (Å²) in [5.41, 5.74) is 0.176. The van der Waals surface area contributed by atoms with Gasteiger partial charge in [0.15, 0.2) is 0 Å². The number of hydrogen-bond acceptors (Lipinski definition) is 3. The van der Waals surface area contributed by atoms with E-state index in [2.05, 4.69) is 5.32 Å². The van der Waals surface area contributed by atoms with Gasteiger partial charge < -0.3 is 4.74 Å². The number of nitriles is 1. The van der Waals surface area contributed by atoms with Crippen LogP contribution in [0.1, 0.15) is 31.9 Å². The van der Waals surface area contributed by atoms with Gasteiger partial charge >= 0.3 is 6.09 Å². The van der Waals surface area contributed by atoms with Crippen molar-refractivity contribution in [2.24, 2.45) is 0 Å². The summed E-state index contributed by atoms with van der Waals surface area (Å²) < 4.78 is 18.6. The molecule has 0 atom stereocenters. The normalized spacial score (nSPS) is 10.7. The van der Waals surface area contributed by atoms with Gasteiger partial charge in [-0.05, 0) is 45.4 Å². The van der Waals surface area contributed by atoms with Crippen molar-refractivity contribution in [3.05, 3.63) is 29.1 Å². The van der Waals surface area contributed by atoms with Gasteiger partial charge in [0, 0.05) is 0 Å². The molecular weight excluding hydrogens is 235 g/mol. The lowest BCUT2D eigenvalue weighted by Gasteiger charge is -2.20. The Kier molecular flexibility index (Phi) is 3.92. The van der Waals surface area contributed by atoms with Crippen LogP contribution in [0.4, 0.5) is 14.9 Å². The Morgan fingerprint density at radius 2 is 2.06 bits per heavy atom. The topological polar surface area (TPSA) is 62.1 Å². The molecule has 1 aromatic rings. The molecule has 1 amide bonds. The molecule has 1 aromatic carbocycles. The molecule has 0 saturated carbocycles. The monoisotopic (exact) mass is 250 g/mol. The molecule has 96 valence electrons. The number of nitrogens with one attached hydrogen (secondary N) is 1. The van der Waals surface area contributed by atoms with Gasteiger partial charge in [-0.25, -0.2) is 9.18 Å². The van der Waals surface area contributed by atoms with E-state index in [4.69, 9.17) is 10.00 Å². The van der Waals surface area contributed by atoms with E-state index < -0.39 is 17.5 Å². The molecule has 0 aliphatic heterocycles. The number of anilines is 1. The summed E-state index contributed by atoms with van der Waals surface area (Å²) in [7, 11) is 0. The van der Waals surface area contributed by atoms with Gasteiger partial charge in [0.05, 0.1) is 17.3 Å². The molecule has 1 rings (SSSR count). The molecule has 0 heterocycles. The maximum Gasteiger partial charge on any atom is 0.412 e. The molecule has 0 bridgehead atoms. The summed E-state index contributed by atoms with van der Waals surface area (Å²) in [6, 6.07) is 4.36. The highest BCUT2D eigenvalue weighted by atomic mass is 19.1. The fourth-order valence-corrected chi connectivity index (χ4v) is 1.31. The second kappa shape index (κ2) is 5.05. The number of carbonyl (C=O) groups excluding carboxylic acids is 1. The molecule has 5 heteroatoms. The minimum Gasteiger partial charge on any atom is -0.444 e. The van der Waals surface area contributed by atoms with Gasteiger partial charge in [-0.2, -0.15) is 5.26 Å². The van der Waals surface area contributed by atoms with Crippen molar-refractivity contribution < 1.29 is 13.9 Å². The average Bonchev–Trinajstić information content (AvgIpc) is 2.20. The van der Waals surface area contributed by atoms with Crippen LogP contribution in [-0.4, -0.2) is 11.7 Å². The molecule has 0 aromatic heterocycles. The van der Waals surface area contributed by atoms with E-state index in [1.807, 2.05) is 6.07 Å². The molecule has 0 aliphatic rings. The first kappa shape index (κ1) is 14.0. The largest absolute Gasteiger partial charge is 0.444 e. The molecule has 18 heavy (non-hydrogen) atoms. The van der Waals surface area contributed by atoms with Crippen LogP contribution in [-0.2, 0) is 4.74 Å². The van der Waals surface area contributed by atoms with E-state index in [0.717, 1.165) is 6.07 Å². The van der Waals surface area contributed by atoms with Crippen LogP contribution in [0.5, 0.6) is 0 Å². The SMILES string of the molecule is Cc1cc(NC(=O)OC(C)(C)C)c(F)cc1C#N. The van der Waals surface area contributed by atoms with Crippen molar-refractivity contribution in [1.82, 2.24) is 0 Å². The number of amides is 1. The first-order chi connectivity index (χ1) is 8.23. The van der Waals surface area contributed by atoms with E-state index in [9.17, 15) is 9.18 Å². The highest BCUT2D eigenvalue weighted by molar-refractivity contribution is 5.85. The second-order valence-electron chi connectivity index (χ2n) is 4.89. The molecular formula is C13H15FN2O2. The van der Waals surface area contributed by atoms with Gasteiger partial charge in [-0.1, -0.05) is 0 Å². The van der Waals surface area contributed by atoms with Gasteiger partial charge in [0.2, 0.25) is 0 Å². The van der Waals surface area contributed by atoms with E-state index in [1.165, 1.54) is 6.07 Å². The predicted octanol–water partition coefficient (Wildman–Crippen LogP) is 3.35. The third kappa shape index (κ3) is 3.74. The highest BCUT2D eigenvalue weighted by Gasteiger charge is 2.17. The summed E-state index contributed by atoms with van der Waals surface area (Å²) in [4.78, 5) is 11.5. The van der Waals surface area contributed by atoms with Crippen molar-refractivity contribution in [3.63, 3.8) is 0 Å². The number of halogens is 1. The molecule has 0 spiro atoms. The summed E-state index contributed by atoms with van der Waals surface area (Å²) >= 11 is 0. The Labute approximate surface area is 105 Å². The number of aryl methyl sites for hydroxylation is 1. The number of benzene rings is 1. The van der Waals surface area contributed by atoms with Crippen LogP contribution in [0.15, 0.2) is 12.1 Å². The predicted molar refractivity (Wildman–Crippen MR) is 65.7 cm³/mol. The zero-order valence-corrected chi connectivity index (χ0v) is 10.8. The van der Waals surface area contributed by atoms with Crippen LogP contribution in [0.3, 0.4) is 0 Å². The van der Waals surface area contributed by atoms with E-state index in [0.29, 0.717) is 5.56 Å². The first-order valence-electron chi connectivity index (χ1n) is 5.43. The first-order valence-corrected chi connectivity index (χ1v) is 5.43. The lowest BCUT2D eigenvalue weighted by Crippen LogP contribution is -2.27. The minimum atomic E-state index is -0.731. The summed E-state index contributed by atoms with van der Waals surface area (Å²) in [5.74, 6) is -0.664. The van der Waals surface area contributed by atoms with Gasteiger partial charge in [-0.3, -0.25) is 5.32 Å². The highest BCUT2D eigenvalue weighted by Crippen LogP contribution is 2.20. The molecule has 0 saturated heterocycles. The molecule has 0 aliphatic carbocycles. The molecule has 0 radical (unpaired) electrons. The van der Waals surface area contributed by atoms with Crippen molar-refractivity contribution in [1.29, 1.82) is 5.26 Å². The van der Waals surface area contributed by atoms with Crippen molar-refractivity contribution in [2.45, 2.75) is 33.3 Å². The Bertz CT molecular complexity index is 513. The lowest BCUT2D eigenvalue weighted by atomic mass is 10.1. The van der Waals surface area contributed by atoms with Gasteiger partial charge in [0.1, 0.15) is 11.4 Å². The fourth-order valence-electron chi connectivity index (χ4n) is 1.31. The summed E-state index contributed by atoms with van der Waals surface area (Å²) in [6.07, 6.45) is -0.731. The van der Waals surface area contributed by atoms with Gasteiger partial charge in [-0.15, -0.1) is 0 Å². The number of hydrogen-bond donors (Lipinski definition) is 1. The van der Waals surface area contributed by atoms with Crippen molar-refractivity contribution in [3.8, 4) is 6.07 Å². The Hall–Kier alpha value is -2.09. The Morgan fingerprint density at radius 1 is 1.44 bits per heavy atom. The fraction of sp³-hybridized carbons (Fsp3) is 0.385. The minimum absolute atomic E-state index is 0.000694. The summed E-state index contributed by atoms with van der Waals surface area (Å²) in [5, 5.41) is 11.1. The second-order valence-corrected chi connectivity index (χ2v) is 4.89. The van der Waals surface area contributed by atoms with Crippen LogP contribution >= 0.6 is 0 Å². The number of nitrogens with zero attached hydrogens (tertiary/aromatic N) is 1. The smallest absolute Gasteiger partial charge is 0.412 e. The standard InChI is InChI=1S/C13H15FN2O2/c1-8-5-11(10(14)6-9(8)7-15)16-12(17)18-13(2,3)4/h5-6H,1-4H3,(H,16,17). The summed E-state index contributed by atoms with van der Waals surface area (Å²) in [6.45, 7) is 6.81. The van der Waals surface area contributed by atoms with Crippen LogP contribution < -0.4 is 5.32 Å².